The Balaban J connectivity index is 2.53. The van der Waals surface area contributed by atoms with E-state index in [1.54, 1.807) is 0 Å². The van der Waals surface area contributed by atoms with Crippen LogP contribution in [-0.2, 0) is 0 Å². The Hall–Kier alpha value is -1.08. The van der Waals surface area contributed by atoms with E-state index in [1.165, 1.54) is 11.1 Å². The van der Waals surface area contributed by atoms with Crippen LogP contribution in [0.2, 0.25) is 0 Å². The van der Waals surface area contributed by atoms with Crippen molar-refractivity contribution in [3.8, 4) is 0 Å². The van der Waals surface area contributed by atoms with Gasteiger partial charge in [0, 0.05) is 6.04 Å². The van der Waals surface area contributed by atoms with Crippen LogP contribution >= 0.6 is 0 Å². The molecule has 2 N–H and O–H groups in total. The lowest BCUT2D eigenvalue weighted by Crippen LogP contribution is -2.18. The maximum Gasteiger partial charge on any atom is 0.0229 e. The molecule has 1 rings (SSSR count). The lowest BCUT2D eigenvalue weighted by Gasteiger charge is -2.08. The van der Waals surface area contributed by atoms with Gasteiger partial charge in [0.05, 0.1) is 0 Å². The fourth-order valence-electron chi connectivity index (χ4n) is 1.54. The van der Waals surface area contributed by atoms with Crippen molar-refractivity contribution >= 4 is 6.08 Å². The van der Waals surface area contributed by atoms with Gasteiger partial charge < -0.3 is 5.73 Å². The Kier molecular flexibility index (Phi) is 4.57. The number of aryl methyl sites for hydroxylation is 1. The number of rotatable bonds is 4. The van der Waals surface area contributed by atoms with E-state index in [2.05, 4.69) is 57.2 Å². The summed E-state index contributed by atoms with van der Waals surface area (Å²) >= 11 is 0. The fraction of sp³-hybridized carbons (Fsp3) is 0.429. The monoisotopic (exact) mass is 203 g/mol. The highest BCUT2D eigenvalue weighted by Gasteiger charge is 2.00. The second-order valence-electron chi connectivity index (χ2n) is 4.56. The van der Waals surface area contributed by atoms with Crippen molar-refractivity contribution in [1.82, 2.24) is 0 Å². The van der Waals surface area contributed by atoms with Gasteiger partial charge in [0.15, 0.2) is 0 Å². The maximum atomic E-state index is 5.97. The van der Waals surface area contributed by atoms with E-state index in [0.717, 1.165) is 6.42 Å². The molecule has 0 amide bonds. The van der Waals surface area contributed by atoms with Gasteiger partial charge in [-0.05, 0) is 24.8 Å². The number of hydrogen-bond donors (Lipinski definition) is 1. The van der Waals surface area contributed by atoms with Crippen molar-refractivity contribution in [2.75, 3.05) is 0 Å². The summed E-state index contributed by atoms with van der Waals surface area (Å²) in [6.45, 7) is 6.48. The summed E-state index contributed by atoms with van der Waals surface area (Å²) in [5.74, 6) is 0.655. The van der Waals surface area contributed by atoms with E-state index in [9.17, 15) is 0 Å². The van der Waals surface area contributed by atoms with Crippen LogP contribution in [0.4, 0.5) is 0 Å². The van der Waals surface area contributed by atoms with Gasteiger partial charge >= 0.3 is 0 Å². The fourth-order valence-corrected chi connectivity index (χ4v) is 1.54. The van der Waals surface area contributed by atoms with Crippen molar-refractivity contribution in [3.63, 3.8) is 0 Å². The van der Waals surface area contributed by atoms with E-state index in [1.807, 2.05) is 0 Å². The number of nitrogens with two attached hydrogens (primary N) is 1. The topological polar surface area (TPSA) is 26.0 Å². The molecule has 0 radical (unpaired) electrons. The molecular weight excluding hydrogens is 182 g/mol. The lowest BCUT2D eigenvalue weighted by molar-refractivity contribution is 0.547. The summed E-state index contributed by atoms with van der Waals surface area (Å²) < 4.78 is 0. The van der Waals surface area contributed by atoms with Gasteiger partial charge in [-0.25, -0.2) is 0 Å². The summed E-state index contributed by atoms with van der Waals surface area (Å²) in [4.78, 5) is 0. The molecule has 15 heavy (non-hydrogen) atoms. The van der Waals surface area contributed by atoms with Crippen molar-refractivity contribution in [2.45, 2.75) is 33.2 Å². The molecule has 0 aromatic heterocycles. The second-order valence-corrected chi connectivity index (χ2v) is 4.56. The molecule has 0 aliphatic carbocycles. The first-order valence-corrected chi connectivity index (χ1v) is 5.58. The Morgan fingerprint density at radius 2 is 1.80 bits per heavy atom. The summed E-state index contributed by atoms with van der Waals surface area (Å²) in [6.07, 6.45) is 5.24. The average molecular weight is 203 g/mol. The molecule has 0 heterocycles. The third kappa shape index (κ3) is 4.80. The second kappa shape index (κ2) is 5.72. The van der Waals surface area contributed by atoms with Crippen LogP contribution < -0.4 is 5.73 Å². The van der Waals surface area contributed by atoms with Gasteiger partial charge in [0.25, 0.3) is 0 Å². The average Bonchev–Trinajstić information content (AvgIpc) is 2.16. The van der Waals surface area contributed by atoms with Crippen LogP contribution in [0.3, 0.4) is 0 Å². The molecule has 0 spiro atoms. The van der Waals surface area contributed by atoms with Crippen molar-refractivity contribution in [3.05, 3.63) is 41.5 Å². The van der Waals surface area contributed by atoms with E-state index in [4.69, 9.17) is 5.73 Å². The van der Waals surface area contributed by atoms with Crippen LogP contribution in [0.1, 0.15) is 31.4 Å². The molecule has 1 nitrogen and oxygen atoms in total. The normalized spacial score (nSPS) is 13.7. The molecule has 0 saturated heterocycles. The van der Waals surface area contributed by atoms with Crippen LogP contribution in [0, 0.1) is 12.8 Å². The molecule has 1 aromatic carbocycles. The summed E-state index contributed by atoms with van der Waals surface area (Å²) in [7, 11) is 0. The van der Waals surface area contributed by atoms with Crippen molar-refractivity contribution < 1.29 is 0 Å². The third-order valence-corrected chi connectivity index (χ3v) is 2.36. The Labute approximate surface area is 93.0 Å². The van der Waals surface area contributed by atoms with Crippen LogP contribution in [0.25, 0.3) is 6.08 Å². The molecule has 0 fully saturated rings. The minimum absolute atomic E-state index is 0.173. The van der Waals surface area contributed by atoms with Gasteiger partial charge in [-0.2, -0.15) is 0 Å². The largest absolute Gasteiger partial charge is 0.324 e. The number of hydrogen-bond acceptors (Lipinski definition) is 1. The standard InChI is InChI=1S/C14H21N/c1-11(2)10-14(15)9-8-13-6-4-12(3)5-7-13/h4-9,11,14H,10,15H2,1-3H3/b9-8+/t14-/m1/s1. The molecule has 0 saturated carbocycles. The third-order valence-electron chi connectivity index (χ3n) is 2.36. The Morgan fingerprint density at radius 1 is 1.20 bits per heavy atom. The smallest absolute Gasteiger partial charge is 0.0229 e. The highest BCUT2D eigenvalue weighted by Crippen LogP contribution is 2.08. The molecule has 0 unspecified atom stereocenters. The first-order valence-electron chi connectivity index (χ1n) is 5.58. The molecular formula is C14H21N. The van der Waals surface area contributed by atoms with Gasteiger partial charge in [-0.15, -0.1) is 0 Å². The summed E-state index contributed by atoms with van der Waals surface area (Å²) in [5, 5.41) is 0. The Morgan fingerprint density at radius 3 is 2.33 bits per heavy atom. The van der Waals surface area contributed by atoms with Gasteiger partial charge in [0.2, 0.25) is 0 Å². The molecule has 0 aliphatic heterocycles. The highest BCUT2D eigenvalue weighted by atomic mass is 14.6. The van der Waals surface area contributed by atoms with Crippen LogP contribution in [0.5, 0.6) is 0 Å². The summed E-state index contributed by atoms with van der Waals surface area (Å²) in [6, 6.07) is 8.65. The lowest BCUT2D eigenvalue weighted by atomic mass is 10.0. The zero-order chi connectivity index (χ0) is 11.3. The maximum absolute atomic E-state index is 5.97. The summed E-state index contributed by atoms with van der Waals surface area (Å²) in [5.41, 5.74) is 8.48. The predicted molar refractivity (Wildman–Crippen MR) is 67.6 cm³/mol. The minimum Gasteiger partial charge on any atom is -0.324 e. The van der Waals surface area contributed by atoms with Gasteiger partial charge in [-0.1, -0.05) is 55.8 Å². The van der Waals surface area contributed by atoms with Crippen molar-refractivity contribution in [1.29, 1.82) is 0 Å². The van der Waals surface area contributed by atoms with E-state index in [-0.39, 0.29) is 6.04 Å². The predicted octanol–water partition coefficient (Wildman–Crippen LogP) is 3.38. The van der Waals surface area contributed by atoms with Crippen LogP contribution in [0.15, 0.2) is 30.3 Å². The van der Waals surface area contributed by atoms with E-state index < -0.39 is 0 Å². The zero-order valence-corrected chi connectivity index (χ0v) is 9.90. The quantitative estimate of drug-likeness (QED) is 0.797. The molecule has 1 atom stereocenters. The van der Waals surface area contributed by atoms with Crippen molar-refractivity contribution in [2.24, 2.45) is 11.7 Å². The zero-order valence-electron chi connectivity index (χ0n) is 9.90. The Bertz CT molecular complexity index is 309. The SMILES string of the molecule is Cc1ccc(/C=C/[C@@H](N)CC(C)C)cc1. The van der Waals surface area contributed by atoms with Crippen LogP contribution in [-0.4, -0.2) is 6.04 Å². The molecule has 82 valence electrons. The van der Waals surface area contributed by atoms with Gasteiger partial charge in [-0.3, -0.25) is 0 Å². The first kappa shape index (κ1) is 12.0. The highest BCUT2D eigenvalue weighted by molar-refractivity contribution is 5.50. The van der Waals surface area contributed by atoms with E-state index in [0.29, 0.717) is 5.92 Å². The molecule has 1 heteroatoms. The van der Waals surface area contributed by atoms with Gasteiger partial charge in [0.1, 0.15) is 0 Å². The minimum atomic E-state index is 0.173. The van der Waals surface area contributed by atoms with E-state index >= 15 is 0 Å². The molecule has 0 bridgehead atoms. The molecule has 0 aliphatic rings. The molecule has 1 aromatic rings. The number of benzene rings is 1. The first-order chi connectivity index (χ1) is 7.08.